The molecule has 0 atom stereocenters. The van der Waals surface area contributed by atoms with Crippen molar-refractivity contribution < 1.29 is 13.2 Å². The van der Waals surface area contributed by atoms with Crippen LogP contribution in [0.5, 0.6) is 0 Å². The Morgan fingerprint density at radius 3 is 2.29 bits per heavy atom. The molecule has 0 aliphatic rings. The van der Waals surface area contributed by atoms with Gasteiger partial charge in [-0.15, -0.1) is 23.2 Å². The van der Waals surface area contributed by atoms with Gasteiger partial charge < -0.3 is 0 Å². The van der Waals surface area contributed by atoms with E-state index in [9.17, 15) is 13.2 Å². The normalized spacial score (nSPS) is 13.8. The van der Waals surface area contributed by atoms with Crippen molar-refractivity contribution in [3.63, 3.8) is 0 Å². The van der Waals surface area contributed by atoms with Gasteiger partial charge in [-0.05, 0) is 15.9 Å². The fourth-order valence-electron chi connectivity index (χ4n) is 0.477. The smallest absolute Gasteiger partial charge is 0.271 e. The standard InChI is InChI=1S/C5H5Br2Cl2NO3S/c6-3(1-4(8)9)5(7)14(12,13)10-2-11/h2,4H,1H2,(H,10,11). The maximum absolute atomic E-state index is 11.2. The molecule has 0 aromatic heterocycles. The average molecular weight is 390 g/mol. The minimum absolute atomic E-state index is 0.0652. The third-order valence-corrected chi connectivity index (χ3v) is 5.69. The Morgan fingerprint density at radius 2 is 1.93 bits per heavy atom. The van der Waals surface area contributed by atoms with E-state index in [4.69, 9.17) is 23.2 Å². The highest BCUT2D eigenvalue weighted by Gasteiger charge is 2.18. The molecular weight excluding hydrogens is 385 g/mol. The first kappa shape index (κ1) is 14.7. The van der Waals surface area contributed by atoms with Crippen LogP contribution in [-0.4, -0.2) is 19.7 Å². The highest BCUT2D eigenvalue weighted by molar-refractivity contribution is 9.15. The third kappa shape index (κ3) is 4.97. The fourth-order valence-corrected chi connectivity index (χ4v) is 3.17. The fraction of sp³-hybridized carbons (Fsp3) is 0.400. The number of allylic oxidation sites excluding steroid dienone is 1. The van der Waals surface area contributed by atoms with Crippen molar-refractivity contribution in [1.82, 2.24) is 4.72 Å². The summed E-state index contributed by atoms with van der Waals surface area (Å²) in [4.78, 5) is 9.24. The van der Waals surface area contributed by atoms with Gasteiger partial charge in [-0.1, -0.05) is 15.9 Å². The number of hydrogen-bond acceptors (Lipinski definition) is 3. The van der Waals surface area contributed by atoms with Gasteiger partial charge in [0, 0.05) is 10.9 Å². The Kier molecular flexibility index (Phi) is 6.63. The van der Waals surface area contributed by atoms with Crippen molar-refractivity contribution in [1.29, 1.82) is 0 Å². The van der Waals surface area contributed by atoms with E-state index in [1.807, 2.05) is 0 Å². The van der Waals surface area contributed by atoms with Crippen LogP contribution in [0.25, 0.3) is 0 Å². The van der Waals surface area contributed by atoms with Crippen LogP contribution in [0.4, 0.5) is 0 Å². The van der Waals surface area contributed by atoms with Crippen LogP contribution in [0.1, 0.15) is 6.42 Å². The Hall–Kier alpha value is 0.700. The predicted molar refractivity (Wildman–Crippen MR) is 63.1 cm³/mol. The molecule has 0 bridgehead atoms. The molecule has 0 aliphatic heterocycles. The number of carbonyl (C=O) groups is 1. The molecule has 0 saturated carbocycles. The Balaban J connectivity index is 4.90. The predicted octanol–water partition coefficient (Wildman–Crippen LogP) is 2.21. The molecule has 0 heterocycles. The third-order valence-electron chi connectivity index (χ3n) is 0.986. The number of hydrogen-bond donors (Lipinski definition) is 1. The number of carbonyl (C=O) groups excluding carboxylic acids is 1. The number of sulfonamides is 1. The number of rotatable bonds is 5. The first-order valence-corrected chi connectivity index (χ1v) is 7.03. The molecule has 0 rings (SSSR count). The van der Waals surface area contributed by atoms with Gasteiger partial charge in [0.1, 0.15) is 8.65 Å². The summed E-state index contributed by atoms with van der Waals surface area (Å²) >= 11 is 16.7. The number of alkyl halides is 2. The van der Waals surface area contributed by atoms with Crippen LogP contribution in [-0.2, 0) is 14.8 Å². The summed E-state index contributed by atoms with van der Waals surface area (Å²) in [5.41, 5.74) is 0. The molecule has 9 heteroatoms. The van der Waals surface area contributed by atoms with Gasteiger partial charge in [0.05, 0.1) is 0 Å². The average Bonchev–Trinajstić information content (AvgIpc) is 2.01. The lowest BCUT2D eigenvalue weighted by atomic mass is 10.5. The van der Waals surface area contributed by atoms with Crippen LogP contribution in [0.15, 0.2) is 8.30 Å². The van der Waals surface area contributed by atoms with Crippen LogP contribution < -0.4 is 4.72 Å². The lowest BCUT2D eigenvalue weighted by molar-refractivity contribution is -0.108. The molecule has 4 nitrogen and oxygen atoms in total. The molecule has 0 aromatic carbocycles. The summed E-state index contributed by atoms with van der Waals surface area (Å²) in [5, 5.41) is 0. The molecule has 0 aromatic rings. The zero-order valence-electron chi connectivity index (χ0n) is 6.51. The van der Waals surface area contributed by atoms with Crippen molar-refractivity contribution in [2.45, 2.75) is 11.3 Å². The molecule has 0 saturated heterocycles. The highest BCUT2D eigenvalue weighted by Crippen LogP contribution is 2.28. The quantitative estimate of drug-likeness (QED) is 0.579. The summed E-state index contributed by atoms with van der Waals surface area (Å²) in [6, 6.07) is 0. The summed E-state index contributed by atoms with van der Waals surface area (Å²) in [5.74, 6) is 0. The van der Waals surface area contributed by atoms with Gasteiger partial charge >= 0.3 is 0 Å². The molecule has 0 radical (unpaired) electrons. The van der Waals surface area contributed by atoms with Gasteiger partial charge in [0.15, 0.2) is 0 Å². The molecule has 1 amide bonds. The Labute approximate surface area is 108 Å². The Morgan fingerprint density at radius 1 is 1.43 bits per heavy atom. The topological polar surface area (TPSA) is 63.2 Å². The molecule has 82 valence electrons. The SMILES string of the molecule is O=CNS(=O)(=O)C(Br)=C(Br)CC(Cl)Cl. The maximum atomic E-state index is 11.2. The second kappa shape index (κ2) is 6.32. The molecule has 0 unspecified atom stereocenters. The largest absolute Gasteiger partial charge is 0.278 e. The molecule has 14 heavy (non-hydrogen) atoms. The summed E-state index contributed by atoms with van der Waals surface area (Å²) in [6.45, 7) is 0. The molecule has 0 spiro atoms. The second-order valence-corrected chi connectivity index (χ2v) is 7.22. The minimum Gasteiger partial charge on any atom is -0.278 e. The monoisotopic (exact) mass is 387 g/mol. The van der Waals surface area contributed by atoms with Gasteiger partial charge in [-0.3, -0.25) is 9.52 Å². The van der Waals surface area contributed by atoms with E-state index in [0.717, 1.165) is 0 Å². The Bertz CT molecular complexity index is 341. The maximum Gasteiger partial charge on any atom is 0.271 e. The molecule has 1 N–H and O–H groups in total. The van der Waals surface area contributed by atoms with Crippen LogP contribution in [0.3, 0.4) is 0 Å². The number of amides is 1. The lowest BCUT2D eigenvalue weighted by Crippen LogP contribution is -2.21. The summed E-state index contributed by atoms with van der Waals surface area (Å²) in [7, 11) is -3.84. The molecule has 0 fully saturated rings. The van der Waals surface area contributed by atoms with Crippen LogP contribution in [0, 0.1) is 0 Å². The highest BCUT2D eigenvalue weighted by atomic mass is 79.9. The second-order valence-electron chi connectivity index (χ2n) is 2.01. The van der Waals surface area contributed by atoms with Crippen molar-refractivity contribution in [3.05, 3.63) is 8.30 Å². The van der Waals surface area contributed by atoms with E-state index < -0.39 is 14.9 Å². The van der Waals surface area contributed by atoms with E-state index in [2.05, 4.69) is 31.9 Å². The van der Waals surface area contributed by atoms with Crippen LogP contribution in [0.2, 0.25) is 0 Å². The van der Waals surface area contributed by atoms with Gasteiger partial charge in [-0.25, -0.2) is 8.42 Å². The zero-order valence-corrected chi connectivity index (χ0v) is 12.0. The van der Waals surface area contributed by atoms with E-state index >= 15 is 0 Å². The minimum atomic E-state index is -3.84. The van der Waals surface area contributed by atoms with Crippen molar-refractivity contribution in [2.24, 2.45) is 0 Å². The van der Waals surface area contributed by atoms with E-state index in [1.54, 1.807) is 4.72 Å². The van der Waals surface area contributed by atoms with E-state index in [-0.39, 0.29) is 21.1 Å². The molecular formula is C5H5Br2Cl2NO3S. The van der Waals surface area contributed by atoms with Gasteiger partial charge in [-0.2, -0.15) is 0 Å². The van der Waals surface area contributed by atoms with Crippen molar-refractivity contribution >= 4 is 71.5 Å². The van der Waals surface area contributed by atoms with E-state index in [1.165, 1.54) is 0 Å². The molecule has 0 aliphatic carbocycles. The van der Waals surface area contributed by atoms with Crippen molar-refractivity contribution in [3.8, 4) is 0 Å². The van der Waals surface area contributed by atoms with Gasteiger partial charge in [0.25, 0.3) is 10.0 Å². The number of halogens is 4. The first-order chi connectivity index (χ1) is 6.31. The van der Waals surface area contributed by atoms with E-state index in [0.29, 0.717) is 0 Å². The lowest BCUT2D eigenvalue weighted by Gasteiger charge is -2.05. The zero-order chi connectivity index (χ0) is 11.4. The van der Waals surface area contributed by atoms with Crippen molar-refractivity contribution in [2.75, 3.05) is 0 Å². The first-order valence-electron chi connectivity index (χ1n) is 3.09. The summed E-state index contributed by atoms with van der Waals surface area (Å²) < 4.78 is 24.1. The van der Waals surface area contributed by atoms with Gasteiger partial charge in [0.2, 0.25) is 6.41 Å². The summed E-state index contributed by atoms with van der Waals surface area (Å²) in [6.07, 6.45) is 0.180. The number of nitrogens with one attached hydrogen (secondary N) is 1. The van der Waals surface area contributed by atoms with Crippen LogP contribution >= 0.6 is 55.1 Å².